The van der Waals surface area contributed by atoms with Crippen molar-refractivity contribution in [1.82, 2.24) is 15.5 Å². The van der Waals surface area contributed by atoms with Crippen LogP contribution in [0.3, 0.4) is 0 Å². The summed E-state index contributed by atoms with van der Waals surface area (Å²) in [5.41, 5.74) is 0. The number of nitrogens with one attached hydrogen (secondary N) is 2. The molecule has 1 aromatic rings. The van der Waals surface area contributed by atoms with Gasteiger partial charge in [-0.15, -0.1) is 10.2 Å². The maximum Gasteiger partial charge on any atom is 0.250 e. The molecule has 1 atom stereocenters. The van der Waals surface area contributed by atoms with Crippen LogP contribution in [0.25, 0.3) is 0 Å². The maximum absolute atomic E-state index is 10.9. The molecule has 1 aromatic heterocycles. The number of carbonyl (C=O) groups excluding carboxylic acids is 1. The third-order valence-corrected chi connectivity index (χ3v) is 2.32. The second kappa shape index (κ2) is 4.87. The highest BCUT2D eigenvalue weighted by molar-refractivity contribution is 7.15. The summed E-state index contributed by atoms with van der Waals surface area (Å²) < 4.78 is 0. The summed E-state index contributed by atoms with van der Waals surface area (Å²) in [7, 11) is 1.47. The molecule has 6 nitrogen and oxygen atoms in total. The molecule has 0 bridgehead atoms. The highest BCUT2D eigenvalue weighted by Gasteiger charge is 2.13. The van der Waals surface area contributed by atoms with Crippen LogP contribution in [0, 0.1) is 6.92 Å². The maximum atomic E-state index is 10.9. The van der Waals surface area contributed by atoms with E-state index in [4.69, 9.17) is 0 Å². The summed E-state index contributed by atoms with van der Waals surface area (Å²) in [6.45, 7) is 1.96. The first kappa shape index (κ1) is 10.9. The Labute approximate surface area is 85.4 Å². The fourth-order valence-corrected chi connectivity index (χ4v) is 1.41. The molecule has 78 valence electrons. The third kappa shape index (κ3) is 2.93. The zero-order chi connectivity index (χ0) is 10.6. The lowest BCUT2D eigenvalue weighted by Gasteiger charge is -2.08. The van der Waals surface area contributed by atoms with Crippen molar-refractivity contribution in [3.8, 4) is 0 Å². The van der Waals surface area contributed by atoms with Crippen LogP contribution in [0.4, 0.5) is 5.13 Å². The van der Waals surface area contributed by atoms with Crippen LogP contribution in [0.1, 0.15) is 5.01 Å². The Balaban J connectivity index is 2.37. The van der Waals surface area contributed by atoms with Crippen molar-refractivity contribution in [1.29, 1.82) is 0 Å². The lowest BCUT2D eigenvalue weighted by atomic mass is 10.3. The first-order valence-electron chi connectivity index (χ1n) is 4.07. The molecule has 1 heterocycles. The van der Waals surface area contributed by atoms with Gasteiger partial charge in [0.1, 0.15) is 11.1 Å². The number of carbonyl (C=O) groups is 1. The Morgan fingerprint density at radius 2 is 2.36 bits per heavy atom. The van der Waals surface area contributed by atoms with Gasteiger partial charge < -0.3 is 15.7 Å². The lowest BCUT2D eigenvalue weighted by Crippen LogP contribution is -2.36. The molecule has 7 heteroatoms. The van der Waals surface area contributed by atoms with Crippen molar-refractivity contribution >= 4 is 22.4 Å². The van der Waals surface area contributed by atoms with Gasteiger partial charge in [0.15, 0.2) is 0 Å². The monoisotopic (exact) mass is 216 g/mol. The van der Waals surface area contributed by atoms with E-state index in [1.165, 1.54) is 18.4 Å². The number of likely N-dealkylation sites (N-methyl/N-ethyl adjacent to an activating group) is 1. The van der Waals surface area contributed by atoms with Crippen molar-refractivity contribution in [2.75, 3.05) is 18.9 Å². The number of aliphatic hydroxyl groups excluding tert-OH is 1. The van der Waals surface area contributed by atoms with Crippen molar-refractivity contribution in [3.05, 3.63) is 5.01 Å². The van der Waals surface area contributed by atoms with Crippen molar-refractivity contribution < 1.29 is 9.90 Å². The van der Waals surface area contributed by atoms with Crippen molar-refractivity contribution in [2.45, 2.75) is 13.0 Å². The van der Waals surface area contributed by atoms with E-state index in [1.54, 1.807) is 0 Å². The second-order valence-electron chi connectivity index (χ2n) is 2.64. The first-order valence-corrected chi connectivity index (χ1v) is 4.88. The summed E-state index contributed by atoms with van der Waals surface area (Å²) in [5.74, 6) is -0.418. The van der Waals surface area contributed by atoms with E-state index < -0.39 is 12.0 Å². The largest absolute Gasteiger partial charge is 0.381 e. The van der Waals surface area contributed by atoms with E-state index in [-0.39, 0.29) is 6.54 Å². The van der Waals surface area contributed by atoms with Gasteiger partial charge in [-0.3, -0.25) is 4.79 Å². The van der Waals surface area contributed by atoms with Crippen LogP contribution in [0.2, 0.25) is 0 Å². The highest BCUT2D eigenvalue weighted by Crippen LogP contribution is 2.13. The van der Waals surface area contributed by atoms with Crippen LogP contribution < -0.4 is 10.6 Å². The van der Waals surface area contributed by atoms with E-state index in [0.717, 1.165) is 5.01 Å². The van der Waals surface area contributed by atoms with Crippen molar-refractivity contribution in [2.24, 2.45) is 0 Å². The summed E-state index contributed by atoms with van der Waals surface area (Å²) in [6, 6.07) is 0. The molecule has 1 rings (SSSR count). The molecular formula is C7H12N4O2S. The topological polar surface area (TPSA) is 87.1 Å². The number of aryl methyl sites for hydroxylation is 1. The SMILES string of the molecule is CNC(=O)C(O)CNc1nnc(C)s1. The fraction of sp³-hybridized carbons (Fsp3) is 0.571. The Hall–Kier alpha value is -1.21. The Morgan fingerprint density at radius 1 is 1.64 bits per heavy atom. The quantitative estimate of drug-likeness (QED) is 0.623. The molecule has 0 aromatic carbocycles. The van der Waals surface area contributed by atoms with Crippen LogP contribution in [-0.2, 0) is 4.79 Å². The van der Waals surface area contributed by atoms with Crippen LogP contribution >= 0.6 is 11.3 Å². The molecule has 0 saturated heterocycles. The van der Waals surface area contributed by atoms with Crippen LogP contribution in [0.5, 0.6) is 0 Å². The first-order chi connectivity index (χ1) is 6.63. The number of hydrogen-bond acceptors (Lipinski definition) is 6. The molecule has 14 heavy (non-hydrogen) atoms. The molecule has 0 fully saturated rings. The van der Waals surface area contributed by atoms with E-state index in [2.05, 4.69) is 20.8 Å². The van der Waals surface area contributed by atoms with Gasteiger partial charge in [-0.25, -0.2) is 0 Å². The average Bonchev–Trinajstić information content (AvgIpc) is 2.59. The molecule has 1 amide bonds. The van der Waals surface area contributed by atoms with Gasteiger partial charge in [0.2, 0.25) is 11.0 Å². The number of aliphatic hydroxyl groups is 1. The van der Waals surface area contributed by atoms with Gasteiger partial charge in [0, 0.05) is 7.05 Å². The minimum atomic E-state index is -1.07. The van der Waals surface area contributed by atoms with Crippen LogP contribution in [-0.4, -0.2) is 40.9 Å². The number of hydrogen-bond donors (Lipinski definition) is 3. The molecule has 0 aliphatic heterocycles. The lowest BCUT2D eigenvalue weighted by molar-refractivity contribution is -0.128. The van der Waals surface area contributed by atoms with E-state index >= 15 is 0 Å². The molecule has 0 spiro atoms. The minimum absolute atomic E-state index is 0.133. The average molecular weight is 216 g/mol. The van der Waals surface area contributed by atoms with E-state index in [1.807, 2.05) is 6.92 Å². The van der Waals surface area contributed by atoms with Gasteiger partial charge >= 0.3 is 0 Å². The predicted molar refractivity (Wildman–Crippen MR) is 53.2 cm³/mol. The summed E-state index contributed by atoms with van der Waals surface area (Å²) in [5, 5.41) is 23.4. The smallest absolute Gasteiger partial charge is 0.250 e. The summed E-state index contributed by atoms with van der Waals surface area (Å²) >= 11 is 1.37. The second-order valence-corrected chi connectivity index (χ2v) is 3.82. The molecular weight excluding hydrogens is 204 g/mol. The Bertz CT molecular complexity index is 314. The molecule has 0 radical (unpaired) electrons. The number of aromatic nitrogens is 2. The van der Waals surface area contributed by atoms with Crippen molar-refractivity contribution in [3.63, 3.8) is 0 Å². The molecule has 0 aliphatic carbocycles. The van der Waals surface area contributed by atoms with Gasteiger partial charge in [0.05, 0.1) is 6.54 Å². The number of anilines is 1. The fourth-order valence-electron chi connectivity index (χ4n) is 0.811. The van der Waals surface area contributed by atoms with E-state index in [0.29, 0.717) is 5.13 Å². The third-order valence-electron chi connectivity index (χ3n) is 1.52. The Morgan fingerprint density at radius 3 is 2.86 bits per heavy atom. The predicted octanol–water partition coefficient (Wildman–Crippen LogP) is -0.635. The number of rotatable bonds is 4. The van der Waals surface area contributed by atoms with Gasteiger partial charge in [-0.05, 0) is 6.92 Å². The van der Waals surface area contributed by atoms with Gasteiger partial charge in [-0.2, -0.15) is 0 Å². The normalized spacial score (nSPS) is 12.2. The molecule has 1 unspecified atom stereocenters. The minimum Gasteiger partial charge on any atom is -0.381 e. The Kier molecular flexibility index (Phi) is 3.78. The zero-order valence-electron chi connectivity index (χ0n) is 7.94. The number of amides is 1. The zero-order valence-corrected chi connectivity index (χ0v) is 8.76. The number of nitrogens with zero attached hydrogens (tertiary/aromatic N) is 2. The van der Waals surface area contributed by atoms with Crippen LogP contribution in [0.15, 0.2) is 0 Å². The molecule has 0 saturated carbocycles. The molecule has 3 N–H and O–H groups in total. The van der Waals surface area contributed by atoms with Gasteiger partial charge in [0.25, 0.3) is 0 Å². The summed E-state index contributed by atoms with van der Waals surface area (Å²) in [6.07, 6.45) is -1.07. The highest BCUT2D eigenvalue weighted by atomic mass is 32.1. The van der Waals surface area contributed by atoms with Gasteiger partial charge in [-0.1, -0.05) is 11.3 Å². The molecule has 0 aliphatic rings. The summed E-state index contributed by atoms with van der Waals surface area (Å²) in [4.78, 5) is 10.9. The van der Waals surface area contributed by atoms with E-state index in [9.17, 15) is 9.90 Å². The standard InChI is InChI=1S/C7H12N4O2S/c1-4-10-11-7(14-4)9-3-5(12)6(13)8-2/h5,12H,3H2,1-2H3,(H,8,13)(H,9,11).